The quantitative estimate of drug-likeness (QED) is 0.267. The summed E-state index contributed by atoms with van der Waals surface area (Å²) in [6.45, 7) is 7.82. The van der Waals surface area contributed by atoms with E-state index < -0.39 is 11.7 Å². The first-order chi connectivity index (χ1) is 12.3. The molecular weight excluding hydrogens is 470 g/mol. The third-order valence-electron chi connectivity index (χ3n) is 3.92. The van der Waals surface area contributed by atoms with Gasteiger partial charge in [-0.3, -0.25) is 0 Å². The maximum absolute atomic E-state index is 12.8. The van der Waals surface area contributed by atoms with Crippen LogP contribution in [-0.2, 0) is 12.7 Å². The molecule has 1 aromatic rings. The highest BCUT2D eigenvalue weighted by Gasteiger charge is 2.30. The topological polar surface area (TPSA) is 56.7 Å². The van der Waals surface area contributed by atoms with Gasteiger partial charge in [-0.25, -0.2) is 4.99 Å². The Morgan fingerprint density at radius 3 is 2.48 bits per heavy atom. The Hall–Kier alpha value is -1.03. The van der Waals surface area contributed by atoms with Crippen molar-refractivity contribution in [3.63, 3.8) is 0 Å². The van der Waals surface area contributed by atoms with Gasteiger partial charge in [0.25, 0.3) is 0 Å². The van der Waals surface area contributed by atoms with Gasteiger partial charge in [0.05, 0.1) is 12.1 Å². The molecule has 27 heavy (non-hydrogen) atoms. The van der Waals surface area contributed by atoms with Crippen molar-refractivity contribution in [1.82, 2.24) is 10.6 Å². The number of aliphatic imine (C=N–C) groups is 1. The molecule has 1 unspecified atom stereocenters. The number of hydrogen-bond acceptors (Lipinski definition) is 2. The van der Waals surface area contributed by atoms with Gasteiger partial charge in [-0.1, -0.05) is 26.0 Å². The van der Waals surface area contributed by atoms with Crippen LogP contribution in [0.2, 0.25) is 0 Å². The van der Waals surface area contributed by atoms with E-state index in [0.717, 1.165) is 18.6 Å². The van der Waals surface area contributed by atoms with Gasteiger partial charge in [-0.15, -0.1) is 24.0 Å². The van der Waals surface area contributed by atoms with Crippen molar-refractivity contribution >= 4 is 29.9 Å². The number of rotatable bonds is 9. The predicted molar refractivity (Wildman–Crippen MR) is 114 cm³/mol. The molecule has 1 aromatic carbocycles. The molecule has 0 aliphatic rings. The van der Waals surface area contributed by atoms with Crippen LogP contribution >= 0.6 is 24.0 Å². The predicted octanol–water partition coefficient (Wildman–Crippen LogP) is 4.42. The number of aliphatic hydroxyl groups excluding tert-OH is 1. The normalized spacial score (nSPS) is 13.3. The van der Waals surface area contributed by atoms with E-state index in [-0.39, 0.29) is 37.1 Å². The zero-order valence-corrected chi connectivity index (χ0v) is 18.5. The highest BCUT2D eigenvalue weighted by molar-refractivity contribution is 14.0. The van der Waals surface area contributed by atoms with Gasteiger partial charge in [0, 0.05) is 19.7 Å². The molecule has 3 N–H and O–H groups in total. The highest BCUT2D eigenvalue weighted by Crippen LogP contribution is 2.29. The van der Waals surface area contributed by atoms with Crippen molar-refractivity contribution in [2.75, 3.05) is 19.7 Å². The van der Waals surface area contributed by atoms with Gasteiger partial charge in [0.2, 0.25) is 0 Å². The van der Waals surface area contributed by atoms with E-state index in [9.17, 15) is 18.3 Å². The Bertz CT molecular complexity index is 565. The van der Waals surface area contributed by atoms with E-state index in [4.69, 9.17) is 0 Å². The van der Waals surface area contributed by atoms with E-state index in [0.29, 0.717) is 42.9 Å². The molecule has 0 spiro atoms. The minimum Gasteiger partial charge on any atom is -0.396 e. The Morgan fingerprint density at radius 1 is 1.22 bits per heavy atom. The number of nitrogens with one attached hydrogen (secondary N) is 2. The van der Waals surface area contributed by atoms with Crippen LogP contribution in [0.15, 0.2) is 29.3 Å². The summed E-state index contributed by atoms with van der Waals surface area (Å²) in [5, 5.41) is 15.5. The number of aliphatic hydroxyl groups is 1. The van der Waals surface area contributed by atoms with Crippen LogP contribution in [-0.4, -0.2) is 30.8 Å². The second kappa shape index (κ2) is 13.2. The smallest absolute Gasteiger partial charge is 0.396 e. The molecule has 0 bridgehead atoms. The zero-order valence-electron chi connectivity index (χ0n) is 16.1. The van der Waals surface area contributed by atoms with Gasteiger partial charge in [-0.05, 0) is 49.3 Å². The Labute approximate surface area is 177 Å². The van der Waals surface area contributed by atoms with Crippen LogP contribution in [0.1, 0.15) is 44.7 Å². The molecule has 4 nitrogen and oxygen atoms in total. The monoisotopic (exact) mass is 501 g/mol. The summed E-state index contributed by atoms with van der Waals surface area (Å²) in [4.78, 5) is 4.38. The molecule has 0 heterocycles. The molecule has 0 aliphatic carbocycles. The van der Waals surface area contributed by atoms with E-state index in [1.807, 2.05) is 6.92 Å². The van der Waals surface area contributed by atoms with Gasteiger partial charge in [0.15, 0.2) is 5.96 Å². The summed E-state index contributed by atoms with van der Waals surface area (Å²) in [5.74, 6) is 1.41. The minimum absolute atomic E-state index is 0. The van der Waals surface area contributed by atoms with Gasteiger partial charge < -0.3 is 15.7 Å². The number of alkyl halides is 3. The molecule has 0 aliphatic heterocycles. The van der Waals surface area contributed by atoms with Crippen LogP contribution in [0.3, 0.4) is 0 Å². The fourth-order valence-corrected chi connectivity index (χ4v) is 2.75. The molecular formula is C19H31F3IN3O. The third-order valence-corrected chi connectivity index (χ3v) is 3.92. The number of hydrogen-bond donors (Lipinski definition) is 3. The third kappa shape index (κ3) is 10.8. The highest BCUT2D eigenvalue weighted by atomic mass is 127. The zero-order chi connectivity index (χ0) is 19.6. The van der Waals surface area contributed by atoms with Crippen LogP contribution in [0, 0.1) is 11.8 Å². The van der Waals surface area contributed by atoms with Crippen LogP contribution in [0.5, 0.6) is 0 Å². The molecule has 0 saturated heterocycles. The fourth-order valence-electron chi connectivity index (χ4n) is 2.75. The molecule has 0 fully saturated rings. The number of guanidine groups is 1. The van der Waals surface area contributed by atoms with E-state index in [1.165, 1.54) is 6.07 Å². The molecule has 8 heteroatoms. The first-order valence-electron chi connectivity index (χ1n) is 9.05. The van der Waals surface area contributed by atoms with Crippen molar-refractivity contribution in [2.24, 2.45) is 16.8 Å². The van der Waals surface area contributed by atoms with Crippen LogP contribution in [0.25, 0.3) is 0 Å². The minimum atomic E-state index is -4.35. The van der Waals surface area contributed by atoms with Crippen molar-refractivity contribution in [2.45, 2.75) is 46.3 Å². The Balaban J connectivity index is 0.00000676. The van der Waals surface area contributed by atoms with Gasteiger partial charge >= 0.3 is 6.18 Å². The second-order valence-corrected chi connectivity index (χ2v) is 6.78. The lowest BCUT2D eigenvalue weighted by atomic mass is 9.94. The number of nitrogens with zero attached hydrogens (tertiary/aromatic N) is 1. The number of halogens is 4. The number of benzene rings is 1. The molecule has 0 amide bonds. The van der Waals surface area contributed by atoms with Crippen molar-refractivity contribution in [3.05, 3.63) is 35.4 Å². The summed E-state index contributed by atoms with van der Waals surface area (Å²) in [7, 11) is 0. The molecule has 156 valence electrons. The van der Waals surface area contributed by atoms with Gasteiger partial charge in [0.1, 0.15) is 0 Å². The van der Waals surface area contributed by atoms with Crippen molar-refractivity contribution < 1.29 is 18.3 Å². The second-order valence-electron chi connectivity index (χ2n) is 6.78. The van der Waals surface area contributed by atoms with Crippen molar-refractivity contribution in [3.8, 4) is 0 Å². The maximum atomic E-state index is 12.8. The lowest BCUT2D eigenvalue weighted by Gasteiger charge is -2.20. The van der Waals surface area contributed by atoms with Crippen LogP contribution in [0.4, 0.5) is 13.2 Å². The SMILES string of the molecule is CCNC(=NCc1cccc(C(F)(F)F)c1)NCC(CCO)CC(C)C.I. The lowest BCUT2D eigenvalue weighted by Crippen LogP contribution is -2.40. The molecule has 1 atom stereocenters. The summed E-state index contributed by atoms with van der Waals surface area (Å²) in [5.41, 5.74) is -0.158. The Morgan fingerprint density at radius 2 is 1.93 bits per heavy atom. The lowest BCUT2D eigenvalue weighted by molar-refractivity contribution is -0.137. The first kappa shape index (κ1) is 26.0. The molecule has 0 radical (unpaired) electrons. The largest absolute Gasteiger partial charge is 0.416 e. The summed E-state index contributed by atoms with van der Waals surface area (Å²) in [6.07, 6.45) is -2.66. The molecule has 0 aromatic heterocycles. The van der Waals surface area contributed by atoms with Crippen LogP contribution < -0.4 is 10.6 Å². The summed E-state index contributed by atoms with van der Waals surface area (Å²) in [6, 6.07) is 5.21. The maximum Gasteiger partial charge on any atom is 0.416 e. The van der Waals surface area contributed by atoms with Crippen molar-refractivity contribution in [1.29, 1.82) is 0 Å². The first-order valence-corrected chi connectivity index (χ1v) is 9.05. The fraction of sp³-hybridized carbons (Fsp3) is 0.632. The summed E-state index contributed by atoms with van der Waals surface area (Å²) >= 11 is 0. The van der Waals surface area contributed by atoms with E-state index in [2.05, 4.69) is 29.5 Å². The molecule has 0 saturated carbocycles. The standard InChI is InChI=1S/C19H30F3N3O.HI/c1-4-23-18(25-13-16(8-9-26)10-14(2)3)24-12-15-6-5-7-17(11-15)19(20,21)22;/h5-7,11,14,16,26H,4,8-10,12-13H2,1-3H3,(H2,23,24,25);1H. The van der Waals surface area contributed by atoms with E-state index >= 15 is 0 Å². The molecule has 1 rings (SSSR count). The summed E-state index contributed by atoms with van der Waals surface area (Å²) < 4.78 is 38.4. The van der Waals surface area contributed by atoms with E-state index in [1.54, 1.807) is 6.07 Å². The average Bonchev–Trinajstić information content (AvgIpc) is 2.56. The van der Waals surface area contributed by atoms with Gasteiger partial charge in [-0.2, -0.15) is 13.2 Å². The Kier molecular flexibility index (Phi) is 12.7. The average molecular weight is 501 g/mol.